The molecule has 3 aromatic carbocycles. The van der Waals surface area contributed by atoms with E-state index >= 15 is 0 Å². The van der Waals surface area contributed by atoms with Crippen LogP contribution >= 0.6 is 0 Å². The van der Waals surface area contributed by atoms with Gasteiger partial charge in [0.15, 0.2) is 8.32 Å². The summed E-state index contributed by atoms with van der Waals surface area (Å²) in [5, 5.41) is 2.53. The molecule has 1 saturated heterocycles. The minimum absolute atomic E-state index is 0.0544. The molecule has 2 amide bonds. The maximum atomic E-state index is 13.9. The molecule has 6 nitrogen and oxygen atoms in total. The molecule has 6 rings (SSSR count). The van der Waals surface area contributed by atoms with Crippen molar-refractivity contribution in [2.75, 3.05) is 6.61 Å². The van der Waals surface area contributed by atoms with Crippen LogP contribution in [0.25, 0.3) is 0 Å². The number of carbonyl (C=O) groups is 2. The summed E-state index contributed by atoms with van der Waals surface area (Å²) in [6, 6.07) is 31.3. The van der Waals surface area contributed by atoms with Gasteiger partial charge in [0.2, 0.25) is 11.8 Å². The molecular formula is C42H53NO5Si2. The van der Waals surface area contributed by atoms with Gasteiger partial charge in [0.05, 0.1) is 30.2 Å². The molecule has 0 aromatic heterocycles. The van der Waals surface area contributed by atoms with Gasteiger partial charge in [-0.2, -0.15) is 0 Å². The number of nitrogens with zero attached hydrogens (tertiary/aromatic N) is 1. The van der Waals surface area contributed by atoms with Gasteiger partial charge in [0.25, 0.3) is 8.32 Å². The van der Waals surface area contributed by atoms with Gasteiger partial charge >= 0.3 is 0 Å². The predicted molar refractivity (Wildman–Crippen MR) is 205 cm³/mol. The van der Waals surface area contributed by atoms with Crippen LogP contribution in [0, 0.1) is 11.8 Å². The number of allylic oxidation sites excluding steroid dienone is 2. The van der Waals surface area contributed by atoms with Gasteiger partial charge in [-0.05, 0) is 66.0 Å². The Morgan fingerprint density at radius 3 is 2.04 bits per heavy atom. The highest BCUT2D eigenvalue weighted by Gasteiger charge is 2.55. The van der Waals surface area contributed by atoms with Gasteiger partial charge in [-0.15, -0.1) is 0 Å². The Bertz CT molecular complexity index is 1660. The Labute approximate surface area is 300 Å². The van der Waals surface area contributed by atoms with Crippen LogP contribution in [0.1, 0.15) is 58.4 Å². The van der Waals surface area contributed by atoms with E-state index in [4.69, 9.17) is 13.6 Å². The van der Waals surface area contributed by atoms with E-state index in [1.165, 1.54) is 15.3 Å². The summed E-state index contributed by atoms with van der Waals surface area (Å²) < 4.78 is 20.5. The number of hydrogen-bond acceptors (Lipinski definition) is 5. The van der Waals surface area contributed by atoms with E-state index in [9.17, 15) is 9.59 Å². The zero-order chi connectivity index (χ0) is 35.5. The van der Waals surface area contributed by atoms with E-state index in [2.05, 4.69) is 113 Å². The van der Waals surface area contributed by atoms with E-state index in [-0.39, 0.29) is 35.0 Å². The van der Waals surface area contributed by atoms with Crippen LogP contribution in [0.3, 0.4) is 0 Å². The first kappa shape index (κ1) is 36.2. The standard InChI is InChI=1S/C42H53NO5Si2/c1-42(2,3)50(33-22-14-8-15-23-33,34-24-16-9-17-25-34)46-28-18-10-13-21-32-29-37(48-49(4,5)6)39-36(47-32)27-26-35-38(39)41(45)43(40(35)44)30-31-19-11-7-12-20-31/h7-9,11-17,19-25,32,35,37-38H,10,18,26-30H2,1-6H3/b21-13+/t32-,35-,37+,38-/m1/s1. The lowest BCUT2D eigenvalue weighted by atomic mass is 9.75. The zero-order valence-corrected chi connectivity index (χ0v) is 32.6. The molecule has 264 valence electrons. The molecule has 0 radical (unpaired) electrons. The van der Waals surface area contributed by atoms with Crippen LogP contribution in [0.4, 0.5) is 0 Å². The highest BCUT2D eigenvalue weighted by atomic mass is 28.4. The maximum absolute atomic E-state index is 13.9. The molecule has 4 atom stereocenters. The lowest BCUT2D eigenvalue weighted by Gasteiger charge is -2.43. The van der Waals surface area contributed by atoms with Crippen molar-refractivity contribution in [3.05, 3.63) is 120 Å². The van der Waals surface area contributed by atoms with Crippen molar-refractivity contribution in [2.45, 2.75) is 96.3 Å². The second-order valence-electron chi connectivity index (χ2n) is 15.9. The molecule has 1 fully saturated rings. The summed E-state index contributed by atoms with van der Waals surface area (Å²) in [6.07, 6.45) is 7.69. The topological polar surface area (TPSA) is 65.1 Å². The molecule has 3 aromatic rings. The highest BCUT2D eigenvalue weighted by Crippen LogP contribution is 2.48. The van der Waals surface area contributed by atoms with Gasteiger partial charge in [-0.25, -0.2) is 0 Å². The largest absolute Gasteiger partial charge is 0.491 e. The fourth-order valence-electron chi connectivity index (χ4n) is 8.13. The maximum Gasteiger partial charge on any atom is 0.261 e. The third-order valence-electron chi connectivity index (χ3n) is 10.2. The first-order chi connectivity index (χ1) is 23.9. The van der Waals surface area contributed by atoms with E-state index in [1.807, 2.05) is 30.3 Å². The molecule has 2 aliphatic heterocycles. The lowest BCUT2D eigenvalue weighted by Crippen LogP contribution is -2.66. The third kappa shape index (κ3) is 7.54. The molecule has 8 heteroatoms. The number of fused-ring (bicyclic) bond motifs is 2. The Hall–Kier alpha value is -3.57. The number of likely N-dealkylation sites (tertiary alicyclic amines) is 1. The summed E-state index contributed by atoms with van der Waals surface area (Å²) in [7, 11) is -4.55. The molecule has 0 bridgehead atoms. The Morgan fingerprint density at radius 2 is 1.46 bits per heavy atom. The number of imide groups is 1. The van der Waals surface area contributed by atoms with Crippen molar-refractivity contribution in [2.24, 2.45) is 11.8 Å². The molecule has 0 unspecified atom stereocenters. The van der Waals surface area contributed by atoms with Crippen molar-refractivity contribution in [1.29, 1.82) is 0 Å². The van der Waals surface area contributed by atoms with Gasteiger partial charge in [-0.1, -0.05) is 118 Å². The van der Waals surface area contributed by atoms with Gasteiger partial charge in [-0.3, -0.25) is 14.5 Å². The van der Waals surface area contributed by atoms with E-state index in [0.29, 0.717) is 32.4 Å². The number of unbranched alkanes of at least 4 members (excludes halogenated alkanes) is 1. The Kier molecular flexibility index (Phi) is 10.8. The van der Waals surface area contributed by atoms with Crippen LogP contribution in [-0.2, 0) is 29.7 Å². The predicted octanol–water partition coefficient (Wildman–Crippen LogP) is 7.76. The van der Waals surface area contributed by atoms with Crippen molar-refractivity contribution < 1.29 is 23.2 Å². The monoisotopic (exact) mass is 707 g/mol. The highest BCUT2D eigenvalue weighted by molar-refractivity contribution is 6.99. The third-order valence-corrected chi connectivity index (χ3v) is 16.3. The van der Waals surface area contributed by atoms with Crippen LogP contribution in [0.5, 0.6) is 0 Å². The normalized spacial score (nSPS) is 22.9. The molecule has 0 saturated carbocycles. The number of hydrogen-bond donors (Lipinski definition) is 0. The van der Waals surface area contributed by atoms with Gasteiger partial charge < -0.3 is 13.6 Å². The molecule has 2 heterocycles. The molecule has 50 heavy (non-hydrogen) atoms. The number of benzene rings is 3. The summed E-state index contributed by atoms with van der Waals surface area (Å²) >= 11 is 0. The summed E-state index contributed by atoms with van der Waals surface area (Å²) in [6.45, 7) is 14.5. The fourth-order valence-corrected chi connectivity index (χ4v) is 13.8. The number of ether oxygens (including phenoxy) is 1. The Morgan fingerprint density at radius 1 is 0.860 bits per heavy atom. The quantitative estimate of drug-likeness (QED) is 0.0834. The van der Waals surface area contributed by atoms with E-state index in [1.54, 1.807) is 0 Å². The van der Waals surface area contributed by atoms with Crippen LogP contribution in [-0.4, -0.2) is 52.2 Å². The molecule has 0 spiro atoms. The lowest BCUT2D eigenvalue weighted by molar-refractivity contribution is -0.140. The summed E-state index contributed by atoms with van der Waals surface area (Å²) in [4.78, 5) is 29.0. The molecule has 0 N–H and O–H groups in total. The smallest absolute Gasteiger partial charge is 0.261 e. The van der Waals surface area contributed by atoms with Crippen molar-refractivity contribution >= 4 is 38.8 Å². The number of rotatable bonds is 12. The van der Waals surface area contributed by atoms with Gasteiger partial charge in [0.1, 0.15) is 6.10 Å². The van der Waals surface area contributed by atoms with Crippen LogP contribution in [0.2, 0.25) is 24.7 Å². The second-order valence-corrected chi connectivity index (χ2v) is 24.7. The second kappa shape index (κ2) is 15.0. The molecule has 3 aliphatic rings. The summed E-state index contributed by atoms with van der Waals surface area (Å²) in [5.74, 6) is -0.167. The van der Waals surface area contributed by atoms with Crippen LogP contribution in [0.15, 0.2) is 114 Å². The average molecular weight is 708 g/mol. The van der Waals surface area contributed by atoms with Crippen molar-refractivity contribution in [1.82, 2.24) is 4.90 Å². The van der Waals surface area contributed by atoms with E-state index < -0.39 is 22.6 Å². The first-order valence-corrected chi connectivity index (χ1v) is 23.6. The number of carbonyl (C=O) groups excluding carboxylic acids is 2. The van der Waals surface area contributed by atoms with Crippen LogP contribution < -0.4 is 10.4 Å². The Balaban J connectivity index is 1.15. The average Bonchev–Trinajstić information content (AvgIpc) is 3.32. The summed E-state index contributed by atoms with van der Waals surface area (Å²) in [5.41, 5.74) is 1.87. The SMILES string of the molecule is CC(C)(C)[Si](OCCC/C=C/[C@@H]1C[C@H](O[Si](C)(C)C)C2=C(CC[C@H]3C(=O)N(Cc4ccccc4)C(=O)[C@@H]23)O1)(c1ccccc1)c1ccccc1. The van der Waals surface area contributed by atoms with Crippen molar-refractivity contribution in [3.63, 3.8) is 0 Å². The molecular weight excluding hydrogens is 655 g/mol. The van der Waals surface area contributed by atoms with E-state index in [0.717, 1.165) is 29.7 Å². The minimum Gasteiger partial charge on any atom is -0.491 e. The fraction of sp³-hybridized carbons (Fsp3) is 0.429. The number of amides is 2. The zero-order valence-electron chi connectivity index (χ0n) is 30.6. The minimum atomic E-state index is -2.56. The van der Waals surface area contributed by atoms with Gasteiger partial charge in [0, 0.05) is 25.0 Å². The molecule has 1 aliphatic carbocycles. The first-order valence-electron chi connectivity index (χ1n) is 18.3. The van der Waals surface area contributed by atoms with Crippen molar-refractivity contribution in [3.8, 4) is 0 Å².